The van der Waals surface area contributed by atoms with Crippen LogP contribution in [0.1, 0.15) is 17.5 Å². The van der Waals surface area contributed by atoms with Gasteiger partial charge in [0.2, 0.25) is 0 Å². The van der Waals surface area contributed by atoms with Crippen molar-refractivity contribution in [2.24, 2.45) is 0 Å². The molecule has 5 rings (SSSR count). The fourth-order valence-electron chi connectivity index (χ4n) is 3.90. The highest BCUT2D eigenvalue weighted by atomic mass is 35.5. The number of para-hydroxylation sites is 1. The summed E-state index contributed by atoms with van der Waals surface area (Å²) in [5, 5.41) is 11.7. The number of aryl methyl sites for hydroxylation is 1. The summed E-state index contributed by atoms with van der Waals surface area (Å²) in [7, 11) is 0. The van der Waals surface area contributed by atoms with Crippen molar-refractivity contribution in [1.82, 2.24) is 25.2 Å². The molecule has 8 heteroatoms. The number of rotatable bonds is 2. The second-order valence-corrected chi connectivity index (χ2v) is 7.03. The molecule has 1 atom stereocenters. The fraction of sp³-hybridized carbons (Fsp3) is 0.222. The highest BCUT2D eigenvalue weighted by Gasteiger charge is 2.55. The molecule has 3 amide bonds. The van der Waals surface area contributed by atoms with Crippen LogP contribution in [0.2, 0.25) is 5.02 Å². The Labute approximate surface area is 153 Å². The molecule has 2 aliphatic rings. The van der Waals surface area contributed by atoms with Crippen LogP contribution in [0, 0.1) is 0 Å². The number of imide groups is 1. The predicted molar refractivity (Wildman–Crippen MR) is 94.4 cm³/mol. The van der Waals surface area contributed by atoms with Crippen LogP contribution < -0.4 is 5.32 Å². The molecule has 7 nitrogen and oxygen atoms in total. The lowest BCUT2D eigenvalue weighted by molar-refractivity contribution is -0.132. The van der Waals surface area contributed by atoms with Gasteiger partial charge in [-0.05, 0) is 48.2 Å². The van der Waals surface area contributed by atoms with Gasteiger partial charge in [-0.15, -0.1) is 5.10 Å². The van der Waals surface area contributed by atoms with Gasteiger partial charge >= 0.3 is 6.03 Å². The van der Waals surface area contributed by atoms with E-state index in [0.717, 1.165) is 22.2 Å². The highest BCUT2D eigenvalue weighted by molar-refractivity contribution is 6.30. The Hall–Kier alpha value is -2.93. The van der Waals surface area contributed by atoms with E-state index in [1.165, 1.54) is 4.90 Å². The van der Waals surface area contributed by atoms with E-state index < -0.39 is 11.6 Å². The number of aromatic nitrogens is 3. The van der Waals surface area contributed by atoms with E-state index >= 15 is 0 Å². The summed E-state index contributed by atoms with van der Waals surface area (Å²) < 4.78 is 1.56. The van der Waals surface area contributed by atoms with E-state index in [-0.39, 0.29) is 12.6 Å². The number of nitrogens with zero attached hydrogens (tertiary/aromatic N) is 4. The molecule has 2 heterocycles. The smallest absolute Gasteiger partial charge is 0.319 e. The normalized spacial score (nSPS) is 21.7. The molecule has 1 aliphatic carbocycles. The van der Waals surface area contributed by atoms with Gasteiger partial charge < -0.3 is 5.32 Å². The molecular formula is C18H14ClN5O2. The Morgan fingerprint density at radius 1 is 1.19 bits per heavy atom. The Morgan fingerprint density at radius 2 is 2.04 bits per heavy atom. The largest absolute Gasteiger partial charge is 0.326 e. The lowest BCUT2D eigenvalue weighted by Gasteiger charge is -2.22. The van der Waals surface area contributed by atoms with E-state index in [0.29, 0.717) is 17.9 Å². The first-order chi connectivity index (χ1) is 12.6. The number of hydrogen-bond donors (Lipinski definition) is 1. The number of fused-ring (bicyclic) bond motifs is 3. The summed E-state index contributed by atoms with van der Waals surface area (Å²) >= 11 is 6.06. The zero-order valence-corrected chi connectivity index (χ0v) is 14.4. The Bertz CT molecular complexity index is 1080. The first-order valence-corrected chi connectivity index (χ1v) is 8.67. The molecule has 2 aromatic carbocycles. The van der Waals surface area contributed by atoms with Crippen LogP contribution in [0.15, 0.2) is 42.5 Å². The third-order valence-corrected chi connectivity index (χ3v) is 5.40. The number of halogens is 1. The van der Waals surface area contributed by atoms with Crippen LogP contribution in [0.5, 0.6) is 0 Å². The number of carbonyl (C=O) groups excluding carboxylic acids is 2. The summed E-state index contributed by atoms with van der Waals surface area (Å²) in [4.78, 5) is 27.0. The van der Waals surface area contributed by atoms with Gasteiger partial charge in [-0.1, -0.05) is 35.0 Å². The van der Waals surface area contributed by atoms with E-state index in [1.54, 1.807) is 10.7 Å². The molecule has 0 bridgehead atoms. The number of hydrogen-bond acceptors (Lipinski definition) is 4. The average molecular weight is 368 g/mol. The van der Waals surface area contributed by atoms with Gasteiger partial charge in [0.05, 0.1) is 5.52 Å². The second kappa shape index (κ2) is 5.28. The molecule has 26 heavy (non-hydrogen) atoms. The van der Waals surface area contributed by atoms with Gasteiger partial charge in [0.1, 0.15) is 17.7 Å². The molecule has 1 fully saturated rings. The molecular weight excluding hydrogens is 354 g/mol. The van der Waals surface area contributed by atoms with E-state index in [1.807, 2.05) is 36.4 Å². The van der Waals surface area contributed by atoms with Crippen molar-refractivity contribution in [3.63, 3.8) is 0 Å². The van der Waals surface area contributed by atoms with Crippen molar-refractivity contribution in [3.05, 3.63) is 58.6 Å². The monoisotopic (exact) mass is 367 g/mol. The Balaban J connectivity index is 1.52. The molecule has 130 valence electrons. The van der Waals surface area contributed by atoms with Crippen LogP contribution in [0.3, 0.4) is 0 Å². The zero-order chi connectivity index (χ0) is 17.9. The van der Waals surface area contributed by atoms with Crippen molar-refractivity contribution in [2.45, 2.75) is 25.0 Å². The van der Waals surface area contributed by atoms with Gasteiger partial charge in [0, 0.05) is 5.02 Å². The zero-order valence-electron chi connectivity index (χ0n) is 13.6. The minimum absolute atomic E-state index is 0.0237. The van der Waals surface area contributed by atoms with Crippen LogP contribution in [0.4, 0.5) is 4.79 Å². The van der Waals surface area contributed by atoms with Crippen molar-refractivity contribution in [1.29, 1.82) is 0 Å². The van der Waals surface area contributed by atoms with Crippen molar-refractivity contribution in [3.8, 4) is 0 Å². The van der Waals surface area contributed by atoms with Crippen molar-refractivity contribution >= 4 is 34.6 Å². The minimum Gasteiger partial charge on any atom is -0.319 e. The van der Waals surface area contributed by atoms with Crippen LogP contribution >= 0.6 is 11.6 Å². The fourth-order valence-corrected chi connectivity index (χ4v) is 4.10. The third-order valence-electron chi connectivity index (χ3n) is 5.17. The molecule has 1 saturated heterocycles. The lowest BCUT2D eigenvalue weighted by Crippen LogP contribution is -2.42. The third kappa shape index (κ3) is 2.00. The molecule has 1 aliphatic heterocycles. The average Bonchev–Trinajstić information content (AvgIpc) is 3.27. The molecule has 1 N–H and O–H groups in total. The van der Waals surface area contributed by atoms with Gasteiger partial charge in [-0.2, -0.15) is 0 Å². The quantitative estimate of drug-likeness (QED) is 0.705. The standard InChI is InChI=1S/C18H14ClN5O2/c19-12-5-6-13-11(9-12)7-8-18(13)16(25)23(17(26)20-18)10-24-15-4-2-1-3-14(15)21-22-24/h1-6,9H,7-8,10H2,(H,20,26). The first kappa shape index (κ1) is 15.3. The molecule has 0 saturated carbocycles. The summed E-state index contributed by atoms with van der Waals surface area (Å²) in [6.45, 7) is 0.0237. The van der Waals surface area contributed by atoms with Gasteiger partial charge in [-0.3, -0.25) is 4.79 Å². The Morgan fingerprint density at radius 3 is 2.92 bits per heavy atom. The Kier molecular flexibility index (Phi) is 3.12. The molecule has 0 radical (unpaired) electrons. The summed E-state index contributed by atoms with van der Waals surface area (Å²) in [5.74, 6) is -0.261. The first-order valence-electron chi connectivity index (χ1n) is 8.30. The maximum atomic E-state index is 13.2. The van der Waals surface area contributed by atoms with Crippen LogP contribution in [-0.4, -0.2) is 31.8 Å². The van der Waals surface area contributed by atoms with Crippen LogP contribution in [-0.2, 0) is 23.4 Å². The summed E-state index contributed by atoms with van der Waals surface area (Å²) in [6.07, 6.45) is 1.23. The molecule has 1 spiro atoms. The molecule has 1 aromatic heterocycles. The van der Waals surface area contributed by atoms with Crippen molar-refractivity contribution in [2.75, 3.05) is 0 Å². The molecule has 1 unspecified atom stereocenters. The van der Waals surface area contributed by atoms with Crippen molar-refractivity contribution < 1.29 is 9.59 Å². The number of nitrogens with one attached hydrogen (secondary N) is 1. The number of benzene rings is 2. The van der Waals surface area contributed by atoms with E-state index in [4.69, 9.17) is 11.6 Å². The summed E-state index contributed by atoms with van der Waals surface area (Å²) in [5.41, 5.74) is 2.31. The number of urea groups is 1. The summed E-state index contributed by atoms with van der Waals surface area (Å²) in [6, 6.07) is 12.4. The van der Waals surface area contributed by atoms with Crippen LogP contribution in [0.25, 0.3) is 11.0 Å². The number of amides is 3. The predicted octanol–water partition coefficient (Wildman–Crippen LogP) is 2.44. The maximum absolute atomic E-state index is 13.2. The van der Waals surface area contributed by atoms with E-state index in [9.17, 15) is 9.59 Å². The van der Waals surface area contributed by atoms with Gasteiger partial charge in [0.25, 0.3) is 5.91 Å². The maximum Gasteiger partial charge on any atom is 0.326 e. The van der Waals surface area contributed by atoms with Gasteiger partial charge in [-0.25, -0.2) is 14.4 Å². The highest BCUT2D eigenvalue weighted by Crippen LogP contribution is 2.42. The number of carbonyl (C=O) groups is 2. The minimum atomic E-state index is -1.01. The second-order valence-electron chi connectivity index (χ2n) is 6.59. The molecule has 3 aromatic rings. The SMILES string of the molecule is O=C1NC2(CCc3cc(Cl)ccc32)C(=O)N1Cn1nnc2ccccc21. The van der Waals surface area contributed by atoms with E-state index in [2.05, 4.69) is 15.6 Å². The lowest BCUT2D eigenvalue weighted by atomic mass is 9.92. The van der Waals surface area contributed by atoms with Gasteiger partial charge in [0.15, 0.2) is 0 Å². The topological polar surface area (TPSA) is 80.1 Å².